The second-order valence-electron chi connectivity index (χ2n) is 3.33. The summed E-state index contributed by atoms with van der Waals surface area (Å²) < 4.78 is 1.19. The number of hydrogen-bond donors (Lipinski definition) is 0. The van der Waals surface area contributed by atoms with Crippen LogP contribution in [0.4, 0.5) is 0 Å². The Morgan fingerprint density at radius 1 is 1.27 bits per heavy atom. The van der Waals surface area contributed by atoms with Crippen LogP contribution in [0.2, 0.25) is 0 Å². The number of thioether (sulfide) groups is 1. The number of rotatable bonds is 3. The van der Waals surface area contributed by atoms with Crippen molar-refractivity contribution < 1.29 is 0 Å². The molecule has 0 spiro atoms. The van der Waals surface area contributed by atoms with Crippen LogP contribution in [-0.4, -0.2) is 0 Å². The summed E-state index contributed by atoms with van der Waals surface area (Å²) in [5.41, 5.74) is 1.32. The van der Waals surface area contributed by atoms with Crippen molar-refractivity contribution in [1.29, 1.82) is 0 Å². The normalized spacial score (nSPS) is 10.5. The molecule has 0 aliphatic carbocycles. The fourth-order valence-corrected chi connectivity index (χ4v) is 3.62. The maximum atomic E-state index is 3.47. The Balaban J connectivity index is 1.96. The molecule has 0 radical (unpaired) electrons. The van der Waals surface area contributed by atoms with Crippen LogP contribution in [0, 0.1) is 6.92 Å². The lowest BCUT2D eigenvalue weighted by molar-refractivity contribution is 1.37. The van der Waals surface area contributed by atoms with Gasteiger partial charge in [-0.1, -0.05) is 17.7 Å². The minimum Gasteiger partial charge on any atom is -0.147 e. The molecule has 0 N–H and O–H groups in total. The van der Waals surface area contributed by atoms with Gasteiger partial charge in [0.05, 0.1) is 0 Å². The standard InChI is InChI=1S/C12H11BrS2/c1-9-2-4-11(5-3-9)15-8-12-6-10(13)7-14-12/h2-7H,8H2,1H3. The third-order valence-electron chi connectivity index (χ3n) is 2.02. The van der Waals surface area contributed by atoms with Crippen molar-refractivity contribution in [2.45, 2.75) is 17.6 Å². The molecule has 2 rings (SSSR count). The molecule has 0 fully saturated rings. The third kappa shape index (κ3) is 3.37. The molecular formula is C12H11BrS2. The molecule has 0 aliphatic heterocycles. The highest BCUT2D eigenvalue weighted by atomic mass is 79.9. The van der Waals surface area contributed by atoms with E-state index in [1.807, 2.05) is 11.8 Å². The van der Waals surface area contributed by atoms with Gasteiger partial charge in [0, 0.05) is 25.4 Å². The highest BCUT2D eigenvalue weighted by molar-refractivity contribution is 9.10. The van der Waals surface area contributed by atoms with Gasteiger partial charge in [-0.15, -0.1) is 23.1 Å². The molecule has 0 saturated heterocycles. The summed E-state index contributed by atoms with van der Waals surface area (Å²) in [6, 6.07) is 10.9. The van der Waals surface area contributed by atoms with E-state index in [1.54, 1.807) is 11.3 Å². The molecule has 78 valence electrons. The average Bonchev–Trinajstić information content (AvgIpc) is 2.64. The van der Waals surface area contributed by atoms with E-state index in [9.17, 15) is 0 Å². The lowest BCUT2D eigenvalue weighted by atomic mass is 10.2. The van der Waals surface area contributed by atoms with Crippen LogP contribution in [0.15, 0.2) is 45.1 Å². The van der Waals surface area contributed by atoms with Crippen LogP contribution < -0.4 is 0 Å². The van der Waals surface area contributed by atoms with Gasteiger partial charge in [0.1, 0.15) is 0 Å². The number of thiophene rings is 1. The molecule has 0 amide bonds. The topological polar surface area (TPSA) is 0 Å². The second kappa shape index (κ2) is 5.19. The van der Waals surface area contributed by atoms with Crippen LogP contribution in [0.3, 0.4) is 0 Å². The first-order valence-corrected chi connectivity index (χ1v) is 7.32. The van der Waals surface area contributed by atoms with E-state index in [2.05, 4.69) is 58.6 Å². The van der Waals surface area contributed by atoms with Crippen LogP contribution in [0.5, 0.6) is 0 Å². The van der Waals surface area contributed by atoms with Crippen LogP contribution in [-0.2, 0) is 5.75 Å². The lowest BCUT2D eigenvalue weighted by Crippen LogP contribution is -1.75. The number of halogens is 1. The van der Waals surface area contributed by atoms with E-state index in [4.69, 9.17) is 0 Å². The molecule has 0 bridgehead atoms. The number of aryl methyl sites for hydroxylation is 1. The van der Waals surface area contributed by atoms with E-state index < -0.39 is 0 Å². The highest BCUT2D eigenvalue weighted by Crippen LogP contribution is 2.28. The Morgan fingerprint density at radius 2 is 2.00 bits per heavy atom. The highest BCUT2D eigenvalue weighted by Gasteiger charge is 1.99. The third-order valence-corrected chi connectivity index (χ3v) is 4.97. The van der Waals surface area contributed by atoms with Crippen molar-refractivity contribution in [3.05, 3.63) is 50.6 Å². The van der Waals surface area contributed by atoms with Crippen molar-refractivity contribution in [3.63, 3.8) is 0 Å². The summed E-state index contributed by atoms with van der Waals surface area (Å²) in [6.45, 7) is 2.12. The summed E-state index contributed by atoms with van der Waals surface area (Å²) in [5.74, 6) is 1.05. The molecule has 0 atom stereocenters. The van der Waals surface area contributed by atoms with Gasteiger partial charge in [0.25, 0.3) is 0 Å². The maximum Gasteiger partial charge on any atom is 0.0326 e. The minimum absolute atomic E-state index is 1.05. The Kier molecular flexibility index (Phi) is 3.89. The molecule has 3 heteroatoms. The van der Waals surface area contributed by atoms with E-state index in [0.29, 0.717) is 0 Å². The zero-order valence-electron chi connectivity index (χ0n) is 8.37. The first kappa shape index (κ1) is 11.2. The van der Waals surface area contributed by atoms with Crippen molar-refractivity contribution in [2.75, 3.05) is 0 Å². The van der Waals surface area contributed by atoms with Gasteiger partial charge in [-0.2, -0.15) is 0 Å². The first-order valence-electron chi connectivity index (χ1n) is 4.66. The van der Waals surface area contributed by atoms with Crippen molar-refractivity contribution >= 4 is 39.0 Å². The molecule has 0 saturated carbocycles. The smallest absolute Gasteiger partial charge is 0.0326 e. The molecule has 0 aliphatic rings. The molecule has 1 aromatic heterocycles. The van der Waals surface area contributed by atoms with Gasteiger partial charge in [0.2, 0.25) is 0 Å². The molecule has 0 nitrogen and oxygen atoms in total. The average molecular weight is 299 g/mol. The van der Waals surface area contributed by atoms with Crippen LogP contribution in [0.25, 0.3) is 0 Å². The SMILES string of the molecule is Cc1ccc(SCc2cc(Br)cs2)cc1. The van der Waals surface area contributed by atoms with E-state index >= 15 is 0 Å². The van der Waals surface area contributed by atoms with E-state index in [-0.39, 0.29) is 0 Å². The Bertz CT molecular complexity index is 431. The molecule has 1 heterocycles. The number of hydrogen-bond acceptors (Lipinski definition) is 2. The van der Waals surface area contributed by atoms with Gasteiger partial charge >= 0.3 is 0 Å². The predicted octanol–water partition coefficient (Wildman–Crippen LogP) is 5.11. The van der Waals surface area contributed by atoms with Crippen LogP contribution in [0.1, 0.15) is 10.4 Å². The molecule has 1 aromatic carbocycles. The summed E-state index contributed by atoms with van der Waals surface area (Å²) in [7, 11) is 0. The van der Waals surface area contributed by atoms with Gasteiger partial charge in [-0.25, -0.2) is 0 Å². The quantitative estimate of drug-likeness (QED) is 0.710. The van der Waals surface area contributed by atoms with Gasteiger partial charge in [0.15, 0.2) is 0 Å². The fraction of sp³-hybridized carbons (Fsp3) is 0.167. The van der Waals surface area contributed by atoms with E-state index in [1.165, 1.54) is 19.8 Å². The first-order chi connectivity index (χ1) is 7.24. The molecule has 15 heavy (non-hydrogen) atoms. The monoisotopic (exact) mass is 298 g/mol. The molecule has 2 aromatic rings. The van der Waals surface area contributed by atoms with Crippen molar-refractivity contribution in [1.82, 2.24) is 0 Å². The second-order valence-corrected chi connectivity index (χ2v) is 6.29. The summed E-state index contributed by atoms with van der Waals surface area (Å²) in [6.07, 6.45) is 0. The van der Waals surface area contributed by atoms with Crippen LogP contribution >= 0.6 is 39.0 Å². The molecular weight excluding hydrogens is 288 g/mol. The van der Waals surface area contributed by atoms with Gasteiger partial charge in [-0.3, -0.25) is 0 Å². The number of benzene rings is 1. The molecule has 0 unspecified atom stereocenters. The zero-order chi connectivity index (χ0) is 10.7. The van der Waals surface area contributed by atoms with Gasteiger partial charge < -0.3 is 0 Å². The lowest BCUT2D eigenvalue weighted by Gasteiger charge is -1.99. The maximum absolute atomic E-state index is 3.47. The zero-order valence-corrected chi connectivity index (χ0v) is 11.6. The Labute approximate surface area is 107 Å². The van der Waals surface area contributed by atoms with Crippen molar-refractivity contribution in [3.8, 4) is 0 Å². The summed E-state index contributed by atoms with van der Waals surface area (Å²) in [5, 5.41) is 2.13. The Hall–Kier alpha value is -0.250. The predicted molar refractivity (Wildman–Crippen MR) is 72.8 cm³/mol. The van der Waals surface area contributed by atoms with E-state index in [0.717, 1.165) is 5.75 Å². The minimum atomic E-state index is 1.05. The largest absolute Gasteiger partial charge is 0.147 e. The van der Waals surface area contributed by atoms with Gasteiger partial charge in [-0.05, 0) is 41.1 Å². The van der Waals surface area contributed by atoms with Crippen molar-refractivity contribution in [2.24, 2.45) is 0 Å². The fourth-order valence-electron chi connectivity index (χ4n) is 1.22. The summed E-state index contributed by atoms with van der Waals surface area (Å²) >= 11 is 7.16. The Morgan fingerprint density at radius 3 is 2.60 bits per heavy atom. The summed E-state index contributed by atoms with van der Waals surface area (Å²) in [4.78, 5) is 2.75.